The lowest BCUT2D eigenvalue weighted by Crippen LogP contribution is -2.34. The van der Waals surface area contributed by atoms with Crippen molar-refractivity contribution in [3.63, 3.8) is 0 Å². The van der Waals surface area contributed by atoms with E-state index in [1.165, 1.54) is 10.2 Å². The molecule has 1 aromatic carbocycles. The van der Waals surface area contributed by atoms with Gasteiger partial charge in [0.1, 0.15) is 4.70 Å². The van der Waals surface area contributed by atoms with Gasteiger partial charge in [0, 0.05) is 24.0 Å². The first-order chi connectivity index (χ1) is 5.92. The Labute approximate surface area is 75.6 Å². The Balaban J connectivity index is 2.55. The summed E-state index contributed by atoms with van der Waals surface area (Å²) < 4.78 is 7.68. The number of nitrogens with zero attached hydrogens (tertiary/aromatic N) is 2. The maximum absolute atomic E-state index is 4.34. The highest BCUT2D eigenvalue weighted by Gasteiger charge is 2.10. The van der Waals surface area contributed by atoms with Gasteiger partial charge in [-0.2, -0.15) is 0 Å². The molecule has 0 radical (unpaired) electrons. The van der Waals surface area contributed by atoms with Crippen LogP contribution in [0.2, 0.25) is 0 Å². The lowest BCUT2D eigenvalue weighted by molar-refractivity contribution is -0.722. The van der Waals surface area contributed by atoms with Gasteiger partial charge in [-0.3, -0.25) is 0 Å². The fourth-order valence-electron chi connectivity index (χ4n) is 1.26. The van der Waals surface area contributed by atoms with Gasteiger partial charge in [-0.25, -0.2) is 0 Å². The van der Waals surface area contributed by atoms with E-state index >= 15 is 0 Å². The number of hydrogen-bond acceptors (Lipinski definition) is 2. The van der Waals surface area contributed by atoms with Crippen molar-refractivity contribution >= 4 is 21.7 Å². The van der Waals surface area contributed by atoms with E-state index in [2.05, 4.69) is 40.4 Å². The lowest BCUT2D eigenvalue weighted by Gasteiger charge is -1.85. The summed E-state index contributed by atoms with van der Waals surface area (Å²) in [5.41, 5.74) is 1.25. The van der Waals surface area contributed by atoms with Crippen LogP contribution in [0.5, 0.6) is 0 Å². The van der Waals surface area contributed by atoms with Crippen LogP contribution >= 0.6 is 11.5 Å². The van der Waals surface area contributed by atoms with E-state index in [9.17, 15) is 0 Å². The van der Waals surface area contributed by atoms with Crippen LogP contribution < -0.4 is 4.68 Å². The van der Waals surface area contributed by atoms with Crippen LogP contribution in [0.3, 0.4) is 0 Å². The van der Waals surface area contributed by atoms with Crippen LogP contribution in [-0.2, 0) is 6.54 Å². The number of aryl methyl sites for hydroxylation is 1. The fourth-order valence-corrected chi connectivity index (χ4v) is 2.02. The molecular weight excluding hydrogens is 168 g/mol. The summed E-state index contributed by atoms with van der Waals surface area (Å²) in [5, 5.41) is 0. The minimum absolute atomic E-state index is 1.02. The van der Waals surface area contributed by atoms with Crippen molar-refractivity contribution in [2.24, 2.45) is 0 Å². The van der Waals surface area contributed by atoms with Crippen molar-refractivity contribution in [2.45, 2.75) is 19.9 Å². The second kappa shape index (κ2) is 3.19. The molecule has 0 spiro atoms. The number of benzene rings is 1. The first-order valence-corrected chi connectivity index (χ1v) is 4.93. The van der Waals surface area contributed by atoms with E-state index in [4.69, 9.17) is 0 Å². The van der Waals surface area contributed by atoms with Gasteiger partial charge in [0.15, 0.2) is 6.54 Å². The molecule has 2 nitrogen and oxygen atoms in total. The number of para-hydroxylation sites is 1. The lowest BCUT2D eigenvalue weighted by atomic mass is 10.3. The molecule has 1 heterocycles. The molecule has 2 rings (SSSR count). The van der Waals surface area contributed by atoms with Gasteiger partial charge in [0.2, 0.25) is 0 Å². The van der Waals surface area contributed by atoms with Crippen LogP contribution in [0.1, 0.15) is 13.3 Å². The van der Waals surface area contributed by atoms with Gasteiger partial charge in [0.05, 0.1) is 4.49 Å². The highest BCUT2D eigenvalue weighted by molar-refractivity contribution is 7.12. The van der Waals surface area contributed by atoms with E-state index < -0.39 is 0 Å². The molecule has 0 bridgehead atoms. The Morgan fingerprint density at radius 1 is 1.42 bits per heavy atom. The standard InChI is InChI=1S/C9H11N2S/c1-2-7-11-8-5-3-4-6-9(8)12-10-11/h3-6H,2,7H2,1H3/q+1. The maximum atomic E-state index is 4.34. The van der Waals surface area contributed by atoms with E-state index in [0.717, 1.165) is 13.0 Å². The van der Waals surface area contributed by atoms with Crippen LogP contribution in [0.15, 0.2) is 24.3 Å². The third-order valence-electron chi connectivity index (χ3n) is 1.82. The largest absolute Gasteiger partial charge is 0.251 e. The van der Waals surface area contributed by atoms with Crippen LogP contribution in [0.25, 0.3) is 10.2 Å². The normalized spacial score (nSPS) is 10.8. The Morgan fingerprint density at radius 2 is 2.25 bits per heavy atom. The van der Waals surface area contributed by atoms with Crippen molar-refractivity contribution in [1.82, 2.24) is 4.49 Å². The SMILES string of the molecule is CCC[n+]1nsc2ccccc21. The molecule has 3 heteroatoms. The zero-order valence-corrected chi connectivity index (χ0v) is 7.84. The molecule has 1 aromatic heterocycles. The van der Waals surface area contributed by atoms with Gasteiger partial charge >= 0.3 is 0 Å². The van der Waals surface area contributed by atoms with Gasteiger partial charge in [-0.1, -0.05) is 23.7 Å². The predicted molar refractivity (Wildman–Crippen MR) is 50.1 cm³/mol. The molecule has 12 heavy (non-hydrogen) atoms. The molecule has 0 saturated carbocycles. The summed E-state index contributed by atoms with van der Waals surface area (Å²) >= 11 is 1.57. The first kappa shape index (κ1) is 7.68. The average molecular weight is 179 g/mol. The van der Waals surface area contributed by atoms with Crippen molar-refractivity contribution in [2.75, 3.05) is 0 Å². The van der Waals surface area contributed by atoms with E-state index in [1.807, 2.05) is 0 Å². The molecule has 0 aliphatic carbocycles. The molecule has 62 valence electrons. The van der Waals surface area contributed by atoms with Crippen molar-refractivity contribution in [3.05, 3.63) is 24.3 Å². The molecule has 0 aliphatic heterocycles. The third-order valence-corrected chi connectivity index (χ3v) is 2.64. The predicted octanol–water partition coefficient (Wildman–Crippen LogP) is 1.99. The molecular formula is C9H11N2S+. The monoisotopic (exact) mass is 179 g/mol. The number of fused-ring (bicyclic) bond motifs is 1. The van der Waals surface area contributed by atoms with Gasteiger partial charge in [0.25, 0.3) is 5.52 Å². The topological polar surface area (TPSA) is 16.8 Å². The van der Waals surface area contributed by atoms with E-state index in [1.54, 1.807) is 11.5 Å². The Bertz CT molecular complexity index is 381. The summed E-state index contributed by atoms with van der Waals surface area (Å²) in [6.07, 6.45) is 1.14. The maximum Gasteiger partial charge on any atom is 0.251 e. The summed E-state index contributed by atoms with van der Waals surface area (Å²) in [7, 11) is 0. The van der Waals surface area contributed by atoms with Crippen LogP contribution in [0, 0.1) is 0 Å². The van der Waals surface area contributed by atoms with E-state index in [-0.39, 0.29) is 0 Å². The second-order valence-corrected chi connectivity index (χ2v) is 3.55. The minimum Gasteiger partial charge on any atom is -0.0716 e. The molecule has 0 saturated heterocycles. The molecule has 0 amide bonds. The summed E-state index contributed by atoms with van der Waals surface area (Å²) in [4.78, 5) is 0. The average Bonchev–Trinajstić information content (AvgIpc) is 2.50. The van der Waals surface area contributed by atoms with E-state index in [0.29, 0.717) is 0 Å². The summed E-state index contributed by atoms with van der Waals surface area (Å²) in [6.45, 7) is 3.19. The molecule has 0 N–H and O–H groups in total. The molecule has 0 atom stereocenters. The Morgan fingerprint density at radius 3 is 3.08 bits per heavy atom. The quantitative estimate of drug-likeness (QED) is 0.644. The zero-order chi connectivity index (χ0) is 8.39. The highest BCUT2D eigenvalue weighted by Crippen LogP contribution is 2.12. The van der Waals surface area contributed by atoms with Crippen molar-refractivity contribution in [3.8, 4) is 0 Å². The van der Waals surface area contributed by atoms with Gasteiger partial charge in [-0.15, -0.1) is 0 Å². The van der Waals surface area contributed by atoms with Crippen molar-refractivity contribution < 1.29 is 4.68 Å². The Hall–Kier alpha value is -0.960. The smallest absolute Gasteiger partial charge is 0.0716 e. The van der Waals surface area contributed by atoms with Crippen LogP contribution in [0.4, 0.5) is 0 Å². The third kappa shape index (κ3) is 1.20. The van der Waals surface area contributed by atoms with Gasteiger partial charge in [-0.05, 0) is 6.07 Å². The number of rotatable bonds is 2. The Kier molecular flexibility index (Phi) is 2.04. The first-order valence-electron chi connectivity index (χ1n) is 4.16. The number of aromatic nitrogens is 2. The molecule has 2 aromatic rings. The minimum atomic E-state index is 1.02. The fraction of sp³-hybridized carbons (Fsp3) is 0.333. The summed E-state index contributed by atoms with van der Waals surface area (Å²) in [6, 6.07) is 8.34. The number of hydrogen-bond donors (Lipinski definition) is 0. The molecule has 0 fully saturated rings. The van der Waals surface area contributed by atoms with Gasteiger partial charge < -0.3 is 0 Å². The zero-order valence-electron chi connectivity index (χ0n) is 7.03. The van der Waals surface area contributed by atoms with Crippen LogP contribution in [-0.4, -0.2) is 4.49 Å². The molecule has 0 aliphatic rings. The van der Waals surface area contributed by atoms with Crippen molar-refractivity contribution in [1.29, 1.82) is 0 Å². The molecule has 0 unspecified atom stereocenters. The second-order valence-electron chi connectivity index (χ2n) is 2.76. The summed E-state index contributed by atoms with van der Waals surface area (Å²) in [5.74, 6) is 0. The highest BCUT2D eigenvalue weighted by atomic mass is 32.1.